The minimum Gasteiger partial charge on any atom is -0.377 e. The number of hydrogen-bond donors (Lipinski definition) is 8. The normalized spacial score (nSPS) is 13.1. The third-order valence-electron chi connectivity index (χ3n) is 15.1. The monoisotopic (exact) mass is 1270 g/mol. The summed E-state index contributed by atoms with van der Waals surface area (Å²) in [6.45, 7) is 20.2. The Kier molecular flexibility index (Phi) is 34.3. The van der Waals surface area contributed by atoms with E-state index in [-0.39, 0.29) is 90.2 Å². The molecule has 4 rings (SSSR count). The Hall–Kier alpha value is -6.72. The molecule has 494 valence electrons. The van der Waals surface area contributed by atoms with Gasteiger partial charge in [-0.15, -0.1) is 10.2 Å². The molecule has 0 aliphatic carbocycles. The van der Waals surface area contributed by atoms with Crippen molar-refractivity contribution in [3.05, 3.63) is 80.6 Å². The van der Waals surface area contributed by atoms with E-state index < -0.39 is 59.4 Å². The number of carbonyl (C=O) groups is 5. The highest BCUT2D eigenvalue weighted by Gasteiger charge is 2.29. The second-order valence-corrected chi connectivity index (χ2v) is 23.7. The number of hydrogen-bond acceptors (Lipinski definition) is 20. The van der Waals surface area contributed by atoms with Gasteiger partial charge in [0.05, 0.1) is 51.9 Å². The molecule has 0 saturated heterocycles. The number of rotatable bonds is 48. The van der Waals surface area contributed by atoms with Crippen molar-refractivity contribution in [3.63, 3.8) is 0 Å². The maximum absolute atomic E-state index is 13.7. The number of H-pyrrole nitrogens is 1. The van der Waals surface area contributed by atoms with Crippen molar-refractivity contribution in [2.45, 2.75) is 150 Å². The van der Waals surface area contributed by atoms with Gasteiger partial charge < -0.3 is 65.5 Å². The summed E-state index contributed by atoms with van der Waals surface area (Å²) in [6.07, 6.45) is 5.19. The molecule has 0 spiro atoms. The van der Waals surface area contributed by atoms with Gasteiger partial charge >= 0.3 is 0 Å². The van der Waals surface area contributed by atoms with Gasteiger partial charge in [0.15, 0.2) is 5.15 Å². The first-order valence-corrected chi connectivity index (χ1v) is 31.1. The smallest absolute Gasteiger partial charge is 0.246 e. The van der Waals surface area contributed by atoms with E-state index in [1.807, 2.05) is 94.6 Å². The Morgan fingerprint density at radius 1 is 0.652 bits per heavy atom. The fraction of sp³-hybridized carbons (Fsp3) is 0.656. The number of halogens is 1. The van der Waals surface area contributed by atoms with Crippen molar-refractivity contribution in [1.29, 1.82) is 0 Å². The van der Waals surface area contributed by atoms with E-state index in [1.54, 1.807) is 13.8 Å². The number of benzene rings is 2. The third kappa shape index (κ3) is 28.3. The van der Waals surface area contributed by atoms with Crippen LogP contribution in [0.4, 0.5) is 0 Å². The molecule has 3 atom stereocenters. The Labute approximate surface area is 527 Å². The van der Waals surface area contributed by atoms with Crippen LogP contribution in [0.5, 0.6) is 0 Å². The number of carbonyl (C=O) groups excluding carboxylic acids is 5. The summed E-state index contributed by atoms with van der Waals surface area (Å²) in [5.41, 5.74) is 3.50. The Bertz CT molecular complexity index is 2720. The predicted octanol–water partition coefficient (Wildman–Crippen LogP) is 5.19. The Morgan fingerprint density at radius 2 is 1.17 bits per heavy atom. The molecule has 0 aliphatic rings. The first-order valence-electron chi connectivity index (χ1n) is 30.7. The topological polar surface area (TPSA) is 347 Å². The molecule has 8 N–H and O–H groups in total. The fourth-order valence-electron chi connectivity index (χ4n) is 9.09. The molecule has 2 aromatic heterocycles. The number of nitrogens with zero attached hydrogens (tertiary/aromatic N) is 7. The van der Waals surface area contributed by atoms with Crippen LogP contribution in [0.2, 0.25) is 5.15 Å². The Morgan fingerprint density at radius 3 is 1.69 bits per heavy atom. The molecule has 4 aromatic rings. The molecule has 89 heavy (non-hydrogen) atoms. The Balaban J connectivity index is 1.03. The van der Waals surface area contributed by atoms with Crippen LogP contribution in [0.15, 0.2) is 58.9 Å². The zero-order chi connectivity index (χ0) is 65.0. The summed E-state index contributed by atoms with van der Waals surface area (Å²) in [4.78, 5) is 90.8. The summed E-state index contributed by atoms with van der Waals surface area (Å²) in [7, 11) is 0. The zero-order valence-corrected chi connectivity index (χ0v) is 54.1. The third-order valence-corrected chi connectivity index (χ3v) is 15.4. The van der Waals surface area contributed by atoms with Crippen LogP contribution in [0.1, 0.15) is 118 Å². The number of ether oxygens (including phenoxy) is 5. The number of nitrogens with one attached hydrogen (secondary N) is 8. The van der Waals surface area contributed by atoms with Crippen molar-refractivity contribution in [1.82, 2.24) is 67.4 Å². The number of imidazole rings is 1. The lowest BCUT2D eigenvalue weighted by molar-refractivity contribution is -0.134. The summed E-state index contributed by atoms with van der Waals surface area (Å²) in [5.74, 6) is -0.531. The van der Waals surface area contributed by atoms with Crippen LogP contribution in [-0.4, -0.2) is 188 Å². The summed E-state index contributed by atoms with van der Waals surface area (Å²) >= 11 is 6.76. The largest absolute Gasteiger partial charge is 0.377 e. The van der Waals surface area contributed by atoms with Gasteiger partial charge in [0.2, 0.25) is 35.4 Å². The second kappa shape index (κ2) is 40.8. The van der Waals surface area contributed by atoms with Gasteiger partial charge in [-0.25, -0.2) is 4.98 Å². The lowest BCUT2D eigenvalue weighted by Crippen LogP contribution is -2.48. The SMILES string of the molecule is CCCCc1nc(Cl)c(CNC(=O)C(CC(C)C)NC(=O)COCC(=O)NCCOCCOCCOCCNC(=O)COCC(=O)NCCC(CCNC(C)(C)C(C)N=O)CCNC(C)(C)C(C)N=O)n1Cc1ccc(-c2ccccc2-c2nn[nH]n2)cc1. The molecule has 28 heteroatoms. The van der Waals surface area contributed by atoms with Crippen LogP contribution in [0.25, 0.3) is 22.5 Å². The molecule has 5 amide bonds. The highest BCUT2D eigenvalue weighted by molar-refractivity contribution is 6.30. The van der Waals surface area contributed by atoms with Crippen molar-refractivity contribution in [2.75, 3.05) is 98.8 Å². The molecule has 0 aliphatic heterocycles. The molecule has 27 nitrogen and oxygen atoms in total. The molecule has 0 fully saturated rings. The van der Waals surface area contributed by atoms with Crippen LogP contribution in [-0.2, 0) is 67.2 Å². The standard InChI is InChI=1S/C61H96ClN15O12/c1-10-11-16-52-70-57(62)51(77(52)37-46-17-19-47(20-18-46)48-14-12-13-15-49(48)58-71-75-76-72-58)36-66-59(82)50(35-42(2)3)69-56(81)41-89-40-55(80)65-28-30-86-32-34-87-33-31-85-29-27-64-54(79)39-88-38-53(78)63-24-21-45(22-25-67-60(6,7)43(4)73-83)23-26-68-61(8,9)44(5)74-84/h12-15,17-20,42-45,50,67-68H,10-11,16,21-41H2,1-9H3,(H,63,78)(H,64,79)(H,65,80)(H,66,82)(H,69,81)(H,71,72,75,76). The van der Waals surface area contributed by atoms with Gasteiger partial charge in [-0.05, 0) is 120 Å². The number of aromatic amines is 1. The van der Waals surface area contributed by atoms with Crippen molar-refractivity contribution in [3.8, 4) is 22.5 Å². The lowest BCUT2D eigenvalue weighted by Gasteiger charge is -2.31. The maximum Gasteiger partial charge on any atom is 0.246 e. The molecule has 0 bridgehead atoms. The minimum absolute atomic E-state index is 0.0640. The molecule has 2 heterocycles. The molecule has 0 saturated carbocycles. The number of aryl methyl sites for hydroxylation is 1. The molecular weight excluding hydrogens is 1170 g/mol. The van der Waals surface area contributed by atoms with E-state index in [1.165, 1.54) is 0 Å². The average Bonchev–Trinajstić information content (AvgIpc) is 2.31. The van der Waals surface area contributed by atoms with Crippen molar-refractivity contribution in [2.24, 2.45) is 22.2 Å². The predicted molar refractivity (Wildman–Crippen MR) is 338 cm³/mol. The van der Waals surface area contributed by atoms with Gasteiger partial charge in [0.25, 0.3) is 0 Å². The van der Waals surface area contributed by atoms with Gasteiger partial charge in [-0.2, -0.15) is 15.0 Å². The van der Waals surface area contributed by atoms with E-state index in [0.29, 0.717) is 68.7 Å². The minimum atomic E-state index is -0.874. The van der Waals surface area contributed by atoms with Crippen molar-refractivity contribution >= 4 is 41.1 Å². The molecular formula is C61H96ClN15O12. The van der Waals surface area contributed by atoms with Gasteiger partial charge in [0.1, 0.15) is 50.4 Å². The van der Waals surface area contributed by atoms with Crippen LogP contribution >= 0.6 is 11.6 Å². The van der Waals surface area contributed by atoms with Gasteiger partial charge in [0, 0.05) is 49.2 Å². The van der Waals surface area contributed by atoms with E-state index in [2.05, 4.69) is 75.1 Å². The summed E-state index contributed by atoms with van der Waals surface area (Å²) < 4.78 is 29.3. The van der Waals surface area contributed by atoms with E-state index in [9.17, 15) is 33.8 Å². The van der Waals surface area contributed by atoms with Crippen molar-refractivity contribution < 1.29 is 47.7 Å². The summed E-state index contributed by atoms with van der Waals surface area (Å²) in [5, 5.41) is 41.9. The molecule has 0 radical (unpaired) electrons. The number of tetrazole rings is 1. The van der Waals surface area contributed by atoms with Crippen LogP contribution in [0.3, 0.4) is 0 Å². The van der Waals surface area contributed by atoms with Crippen LogP contribution < -0.4 is 37.2 Å². The van der Waals surface area contributed by atoms with E-state index >= 15 is 0 Å². The summed E-state index contributed by atoms with van der Waals surface area (Å²) in [6, 6.07) is 14.3. The van der Waals surface area contributed by atoms with Crippen LogP contribution in [0, 0.1) is 21.6 Å². The fourth-order valence-corrected chi connectivity index (χ4v) is 9.36. The highest BCUT2D eigenvalue weighted by Crippen LogP contribution is 2.30. The number of aromatic nitrogens is 6. The highest BCUT2D eigenvalue weighted by atomic mass is 35.5. The first-order chi connectivity index (χ1) is 42.7. The average molecular weight is 1270 g/mol. The molecule has 2 aromatic carbocycles. The lowest BCUT2D eigenvalue weighted by atomic mass is 9.92. The quantitative estimate of drug-likeness (QED) is 0.0208. The van der Waals surface area contributed by atoms with Gasteiger partial charge in [-0.3, -0.25) is 24.0 Å². The van der Waals surface area contributed by atoms with Gasteiger partial charge in [-0.1, -0.05) is 97.7 Å². The number of amides is 5. The molecule has 3 unspecified atom stereocenters. The second-order valence-electron chi connectivity index (χ2n) is 23.4. The zero-order valence-electron chi connectivity index (χ0n) is 53.4. The first kappa shape index (κ1) is 74.7. The van der Waals surface area contributed by atoms with E-state index in [0.717, 1.165) is 53.8 Å². The van der Waals surface area contributed by atoms with E-state index in [4.69, 9.17) is 40.3 Å². The maximum atomic E-state index is 13.7. The number of unbranched alkanes of at least 4 members (excludes halogenated alkanes) is 1. The number of nitroso groups, excluding NO2 is 2.